The fourth-order valence-electron chi connectivity index (χ4n) is 4.35. The normalized spacial score (nSPS) is 10.4. The fraction of sp³-hybridized carbons (Fsp3) is 0.138. The van der Waals surface area contributed by atoms with Crippen LogP contribution in [0.4, 0.5) is 0 Å². The second-order valence-electron chi connectivity index (χ2n) is 8.44. The number of fused-ring (bicyclic) bond motifs is 2. The fourth-order valence-corrected chi connectivity index (χ4v) is 6.43. The zero-order chi connectivity index (χ0) is 22.9. The Morgan fingerprint density at radius 1 is 0.600 bits per heavy atom. The molecule has 0 aliphatic heterocycles. The van der Waals surface area contributed by atoms with Crippen LogP contribution in [0.1, 0.15) is 28.0 Å². The van der Waals surface area contributed by atoms with Crippen molar-refractivity contribution in [3.8, 4) is 11.5 Å². The second-order valence-corrected chi connectivity index (χ2v) is 10.5. The van der Waals surface area contributed by atoms with Gasteiger partial charge in [-0.1, -0.05) is 0 Å². The molecule has 0 bridgehead atoms. The van der Waals surface area contributed by atoms with Gasteiger partial charge in [-0.05, 0) is 0 Å². The zero-order valence-electron chi connectivity index (χ0n) is 20.1. The first-order valence-electron chi connectivity index (χ1n) is 11.1. The predicted molar refractivity (Wildman–Crippen MR) is 146 cm³/mol. The number of benzene rings is 4. The minimum atomic E-state index is -2.73. The first kappa shape index (κ1) is 27.0. The van der Waals surface area contributed by atoms with Crippen molar-refractivity contribution in [2.75, 3.05) is 0 Å². The summed E-state index contributed by atoms with van der Waals surface area (Å²) >= 11 is -2.73. The molecule has 0 spiro atoms. The molecule has 0 amide bonds. The van der Waals surface area contributed by atoms with Crippen LogP contribution in [0, 0.1) is 27.7 Å². The maximum Gasteiger partial charge on any atom is -0.147 e. The molecule has 0 saturated carbocycles. The van der Waals surface area contributed by atoms with E-state index in [1.54, 1.807) is 6.26 Å². The van der Waals surface area contributed by atoms with Gasteiger partial charge in [-0.3, -0.25) is 0 Å². The van der Waals surface area contributed by atoms with E-state index in [2.05, 4.69) is 88.4 Å². The van der Waals surface area contributed by atoms with E-state index in [4.69, 9.17) is 11.1 Å². The molecule has 35 heavy (non-hydrogen) atoms. The summed E-state index contributed by atoms with van der Waals surface area (Å²) in [4.78, 5) is 0. The Balaban J connectivity index is 0.00000171. The van der Waals surface area contributed by atoms with Gasteiger partial charge in [-0.15, -0.1) is 24.8 Å². The first-order chi connectivity index (χ1) is 16.0. The molecule has 0 atom stereocenters. The number of aryl methyl sites for hydroxylation is 4. The molecule has 4 aromatic carbocycles. The van der Waals surface area contributed by atoms with Crippen molar-refractivity contribution >= 4 is 50.7 Å². The summed E-state index contributed by atoms with van der Waals surface area (Å²) in [7, 11) is 0. The largest absolute Gasteiger partial charge is 0.147 e. The maximum atomic E-state index is 6.69. The van der Waals surface area contributed by atoms with Crippen LogP contribution < -0.4 is 6.64 Å². The van der Waals surface area contributed by atoms with Crippen molar-refractivity contribution in [3.05, 3.63) is 107 Å². The van der Waals surface area contributed by atoms with Gasteiger partial charge < -0.3 is 0 Å². The predicted octanol–water partition coefficient (Wildman–Crippen LogP) is 8.42. The summed E-state index contributed by atoms with van der Waals surface area (Å²) in [6.45, 7) is 8.52. The third kappa shape index (κ3) is 5.49. The molecule has 0 N–H and O–H groups in total. The van der Waals surface area contributed by atoms with Crippen LogP contribution in [0.25, 0.3) is 21.5 Å². The number of furan rings is 1. The van der Waals surface area contributed by atoms with Crippen molar-refractivity contribution in [2.45, 2.75) is 27.7 Å². The molecule has 1 heterocycles. The van der Waals surface area contributed by atoms with Gasteiger partial charge in [0.15, 0.2) is 0 Å². The van der Waals surface area contributed by atoms with Gasteiger partial charge in [0.1, 0.15) is 0 Å². The number of rotatable bonds is 5. The van der Waals surface area contributed by atoms with Crippen LogP contribution in [-0.4, -0.2) is 4.31 Å². The molecule has 6 heteroatoms. The maximum absolute atomic E-state index is 6.69. The molecule has 0 radical (unpaired) electrons. The molecule has 0 aliphatic carbocycles. The summed E-state index contributed by atoms with van der Waals surface area (Å²) in [6.07, 6.45) is 1.68. The summed E-state index contributed by atoms with van der Waals surface area (Å²) in [5, 5.41) is 4.70. The van der Waals surface area contributed by atoms with Crippen molar-refractivity contribution in [3.63, 3.8) is 0 Å². The SMILES string of the molecule is Cc1ccc([O][Ti](=[CH]c2ccco2)[O]c2ccc(C)c3cccc(C)c23)c2c(C)cccc12.Cl.Cl. The van der Waals surface area contributed by atoms with Crippen molar-refractivity contribution in [1.29, 1.82) is 0 Å². The Bertz CT molecular complexity index is 1410. The van der Waals surface area contributed by atoms with Crippen molar-refractivity contribution in [2.24, 2.45) is 0 Å². The molecule has 0 fully saturated rings. The second kappa shape index (κ2) is 11.5. The van der Waals surface area contributed by atoms with E-state index < -0.39 is 18.2 Å². The molecular weight excluding hydrogens is 515 g/mol. The summed E-state index contributed by atoms with van der Waals surface area (Å²) in [5.41, 5.74) is 4.86. The van der Waals surface area contributed by atoms with Gasteiger partial charge in [-0.2, -0.15) is 0 Å². The molecule has 180 valence electrons. The minimum Gasteiger partial charge on any atom is -0.147 e. The molecular formula is C29H28Cl2O3Ti. The van der Waals surface area contributed by atoms with Crippen molar-refractivity contribution in [1.82, 2.24) is 0 Å². The summed E-state index contributed by atoms with van der Waals surface area (Å²) in [5.74, 6) is 2.49. The van der Waals surface area contributed by atoms with Crippen LogP contribution in [0.15, 0.2) is 83.5 Å². The van der Waals surface area contributed by atoms with Gasteiger partial charge in [0, 0.05) is 0 Å². The van der Waals surface area contributed by atoms with E-state index in [-0.39, 0.29) is 24.8 Å². The molecule has 5 aromatic rings. The van der Waals surface area contributed by atoms with Crippen LogP contribution >= 0.6 is 24.8 Å². The zero-order valence-corrected chi connectivity index (χ0v) is 23.3. The van der Waals surface area contributed by atoms with Crippen LogP contribution in [0.5, 0.6) is 11.5 Å². The van der Waals surface area contributed by atoms with Crippen LogP contribution in [0.3, 0.4) is 0 Å². The van der Waals surface area contributed by atoms with Gasteiger partial charge in [-0.25, -0.2) is 0 Å². The first-order valence-corrected chi connectivity index (χ1v) is 13.3. The summed E-state index contributed by atoms with van der Waals surface area (Å²) < 4.78 is 21.0. The number of hydrogen-bond donors (Lipinski definition) is 0. The van der Waals surface area contributed by atoms with E-state index in [1.807, 2.05) is 16.4 Å². The van der Waals surface area contributed by atoms with Crippen LogP contribution in [-0.2, 0) is 18.2 Å². The number of halogens is 2. The van der Waals surface area contributed by atoms with E-state index in [1.165, 1.54) is 33.0 Å². The Morgan fingerprint density at radius 2 is 1.11 bits per heavy atom. The Hall–Kier alpha value is -2.56. The Morgan fingerprint density at radius 3 is 1.57 bits per heavy atom. The topological polar surface area (TPSA) is 31.6 Å². The molecule has 5 rings (SSSR count). The van der Waals surface area contributed by atoms with E-state index >= 15 is 0 Å². The van der Waals surface area contributed by atoms with E-state index in [0.29, 0.717) is 0 Å². The third-order valence-electron chi connectivity index (χ3n) is 6.08. The van der Waals surface area contributed by atoms with Gasteiger partial charge in [0.25, 0.3) is 0 Å². The standard InChI is InChI=1S/2C12H12O.C5H4O.2ClH.Ti/c2*1-8-6-7-11(13)12-9(2)4-3-5-10(8)12;1-5-3-2-4-6-5;;;/h2*3-7,13H,1-2H3;1-4H;2*1H;/q;;;;;+2/p-2. The molecule has 0 aliphatic rings. The molecule has 0 unspecified atom stereocenters. The van der Waals surface area contributed by atoms with Gasteiger partial charge >= 0.3 is 201 Å². The average Bonchev–Trinajstić information content (AvgIpc) is 3.31. The van der Waals surface area contributed by atoms with E-state index in [0.717, 1.165) is 28.0 Å². The smallest absolute Gasteiger partial charge is 0.147 e. The quantitative estimate of drug-likeness (QED) is 0.209. The average molecular weight is 543 g/mol. The molecule has 3 nitrogen and oxygen atoms in total. The van der Waals surface area contributed by atoms with Gasteiger partial charge in [0.05, 0.1) is 0 Å². The van der Waals surface area contributed by atoms with Gasteiger partial charge in [0.2, 0.25) is 0 Å². The number of hydrogen-bond acceptors (Lipinski definition) is 3. The monoisotopic (exact) mass is 542 g/mol. The van der Waals surface area contributed by atoms with Crippen molar-refractivity contribution < 1.29 is 29.2 Å². The summed E-state index contributed by atoms with van der Waals surface area (Å²) in [6, 6.07) is 24.9. The van der Waals surface area contributed by atoms with E-state index in [9.17, 15) is 0 Å². The Kier molecular flexibility index (Phi) is 8.85. The molecule has 1 aromatic heterocycles. The third-order valence-corrected chi connectivity index (χ3v) is 8.21. The Labute approximate surface area is 225 Å². The van der Waals surface area contributed by atoms with Crippen LogP contribution in [0.2, 0.25) is 0 Å². The molecule has 0 saturated heterocycles. The minimum absolute atomic E-state index is 0.